The lowest BCUT2D eigenvalue weighted by molar-refractivity contribution is -0.386. The molecule has 3 nitrogen and oxygen atoms in total. The first-order chi connectivity index (χ1) is 6.06. The summed E-state index contributed by atoms with van der Waals surface area (Å²) in [7, 11) is 0. The van der Waals surface area contributed by atoms with Gasteiger partial charge in [0.05, 0.1) is 4.92 Å². The molecule has 0 fully saturated rings. The van der Waals surface area contributed by atoms with Gasteiger partial charge in [0.2, 0.25) is 0 Å². The Balaban J connectivity index is 3.38. The highest BCUT2D eigenvalue weighted by molar-refractivity contribution is 9.08. The van der Waals surface area contributed by atoms with E-state index in [1.165, 1.54) is 13.0 Å². The topological polar surface area (TPSA) is 43.1 Å². The Hall–Kier alpha value is -0.970. The highest BCUT2D eigenvalue weighted by Gasteiger charge is 2.17. The predicted molar refractivity (Wildman–Crippen MR) is 50.4 cm³/mol. The van der Waals surface area contributed by atoms with Crippen molar-refractivity contribution in [2.45, 2.75) is 12.3 Å². The Morgan fingerprint density at radius 2 is 2.23 bits per heavy atom. The van der Waals surface area contributed by atoms with Gasteiger partial charge in [0.1, 0.15) is 5.82 Å². The molecule has 0 radical (unpaired) electrons. The first kappa shape index (κ1) is 10.1. The fraction of sp³-hybridized carbons (Fsp3) is 0.250. The number of halogens is 2. The molecule has 0 amide bonds. The number of benzene rings is 1. The smallest absolute Gasteiger partial charge is 0.258 e. The largest absolute Gasteiger partial charge is 0.276 e. The minimum Gasteiger partial charge on any atom is -0.258 e. The maximum absolute atomic E-state index is 12.8. The molecule has 0 unspecified atom stereocenters. The zero-order valence-corrected chi connectivity index (χ0v) is 8.47. The Bertz CT molecular complexity index is 354. The van der Waals surface area contributed by atoms with E-state index in [9.17, 15) is 14.5 Å². The predicted octanol–water partition coefficient (Wildman–Crippen LogP) is 2.94. The third-order valence-electron chi connectivity index (χ3n) is 1.67. The lowest BCUT2D eigenvalue weighted by Crippen LogP contribution is -1.97. The van der Waals surface area contributed by atoms with Crippen molar-refractivity contribution < 1.29 is 9.31 Å². The van der Waals surface area contributed by atoms with Gasteiger partial charge in [-0.2, -0.15) is 0 Å². The van der Waals surface area contributed by atoms with E-state index in [4.69, 9.17) is 0 Å². The van der Waals surface area contributed by atoms with Gasteiger partial charge in [0.25, 0.3) is 5.69 Å². The molecular formula is C8H7BrFNO2. The Kier molecular flexibility index (Phi) is 2.98. The fourth-order valence-electron chi connectivity index (χ4n) is 1.17. The molecule has 1 rings (SSSR count). The Morgan fingerprint density at radius 1 is 1.62 bits per heavy atom. The molecule has 70 valence electrons. The molecule has 0 bridgehead atoms. The van der Waals surface area contributed by atoms with Crippen LogP contribution in [0, 0.1) is 22.9 Å². The maximum Gasteiger partial charge on any atom is 0.276 e. The van der Waals surface area contributed by atoms with Crippen molar-refractivity contribution in [3.05, 3.63) is 39.2 Å². The minimum atomic E-state index is -0.495. The number of hydrogen-bond donors (Lipinski definition) is 0. The molecular weight excluding hydrogens is 241 g/mol. The van der Waals surface area contributed by atoms with E-state index in [2.05, 4.69) is 15.9 Å². The van der Waals surface area contributed by atoms with E-state index in [1.807, 2.05) is 0 Å². The molecule has 5 heteroatoms. The van der Waals surface area contributed by atoms with Crippen LogP contribution in [0.4, 0.5) is 10.1 Å². The third-order valence-corrected chi connectivity index (χ3v) is 2.27. The lowest BCUT2D eigenvalue weighted by Gasteiger charge is -2.02. The van der Waals surface area contributed by atoms with Crippen LogP contribution in [-0.4, -0.2) is 4.92 Å². The highest BCUT2D eigenvalue weighted by Crippen LogP contribution is 2.26. The zero-order valence-electron chi connectivity index (χ0n) is 6.88. The van der Waals surface area contributed by atoms with Gasteiger partial charge in [0, 0.05) is 16.5 Å². The number of aryl methyl sites for hydroxylation is 1. The molecule has 1 aromatic carbocycles. The molecule has 0 saturated heterocycles. The monoisotopic (exact) mass is 247 g/mol. The molecule has 0 saturated carbocycles. The van der Waals surface area contributed by atoms with Crippen LogP contribution in [0.1, 0.15) is 11.1 Å². The van der Waals surface area contributed by atoms with Gasteiger partial charge in [-0.3, -0.25) is 10.1 Å². The first-order valence-electron chi connectivity index (χ1n) is 3.55. The van der Waals surface area contributed by atoms with Crippen LogP contribution in [0.5, 0.6) is 0 Å². The molecule has 0 atom stereocenters. The molecule has 0 aromatic heterocycles. The molecule has 0 N–H and O–H groups in total. The van der Waals surface area contributed by atoms with Crippen LogP contribution in [0.3, 0.4) is 0 Å². The average molecular weight is 248 g/mol. The Morgan fingerprint density at radius 3 is 2.69 bits per heavy atom. The second-order valence-corrected chi connectivity index (χ2v) is 3.18. The number of nitro benzene ring substituents is 1. The van der Waals surface area contributed by atoms with E-state index >= 15 is 0 Å². The molecule has 13 heavy (non-hydrogen) atoms. The van der Waals surface area contributed by atoms with Crippen molar-refractivity contribution >= 4 is 21.6 Å². The van der Waals surface area contributed by atoms with Crippen molar-refractivity contribution in [2.24, 2.45) is 0 Å². The molecule has 0 aliphatic rings. The van der Waals surface area contributed by atoms with Crippen molar-refractivity contribution in [1.29, 1.82) is 0 Å². The molecule has 0 heterocycles. The van der Waals surface area contributed by atoms with Crippen LogP contribution >= 0.6 is 15.9 Å². The molecule has 0 aliphatic carbocycles. The summed E-state index contributed by atoms with van der Waals surface area (Å²) in [4.78, 5) is 10.1. The second-order valence-electron chi connectivity index (χ2n) is 2.62. The van der Waals surface area contributed by atoms with Gasteiger partial charge in [-0.1, -0.05) is 15.9 Å². The quantitative estimate of drug-likeness (QED) is 0.458. The van der Waals surface area contributed by atoms with Gasteiger partial charge in [-0.25, -0.2) is 4.39 Å². The SMILES string of the molecule is Cc1cc(F)cc(CBr)c1[N+](=O)[O-]. The Labute approximate surface area is 82.8 Å². The molecule has 1 aromatic rings. The van der Waals surface area contributed by atoms with Crippen molar-refractivity contribution in [3.63, 3.8) is 0 Å². The van der Waals surface area contributed by atoms with Gasteiger partial charge in [-0.05, 0) is 19.1 Å². The van der Waals surface area contributed by atoms with Crippen LogP contribution in [0.15, 0.2) is 12.1 Å². The standard InChI is InChI=1S/C8H7BrFNO2/c1-5-2-7(10)3-6(4-9)8(5)11(12)13/h2-3H,4H2,1H3. The zero-order chi connectivity index (χ0) is 10.0. The fourth-order valence-corrected chi connectivity index (χ4v) is 1.60. The average Bonchev–Trinajstić information content (AvgIpc) is 2.01. The van der Waals surface area contributed by atoms with Crippen molar-refractivity contribution in [1.82, 2.24) is 0 Å². The van der Waals surface area contributed by atoms with Gasteiger partial charge in [-0.15, -0.1) is 0 Å². The lowest BCUT2D eigenvalue weighted by atomic mass is 10.1. The van der Waals surface area contributed by atoms with E-state index in [1.54, 1.807) is 0 Å². The molecule has 0 spiro atoms. The summed E-state index contributed by atoms with van der Waals surface area (Å²) in [6.45, 7) is 1.52. The first-order valence-corrected chi connectivity index (χ1v) is 4.67. The number of alkyl halides is 1. The summed E-state index contributed by atoms with van der Waals surface area (Å²) in [5, 5.41) is 10.9. The summed E-state index contributed by atoms with van der Waals surface area (Å²) in [5.74, 6) is -0.447. The second kappa shape index (κ2) is 3.83. The number of nitro groups is 1. The van der Waals surface area contributed by atoms with Crippen molar-refractivity contribution in [2.75, 3.05) is 0 Å². The minimum absolute atomic E-state index is 0.0155. The van der Waals surface area contributed by atoms with Crippen LogP contribution < -0.4 is 0 Å². The summed E-state index contributed by atoms with van der Waals surface area (Å²) < 4.78 is 12.8. The number of rotatable bonds is 2. The van der Waals surface area contributed by atoms with E-state index < -0.39 is 10.7 Å². The summed E-state index contributed by atoms with van der Waals surface area (Å²) in [6.07, 6.45) is 0. The van der Waals surface area contributed by atoms with E-state index in [0.717, 1.165) is 6.07 Å². The van der Waals surface area contributed by atoms with E-state index in [-0.39, 0.29) is 11.0 Å². The van der Waals surface area contributed by atoms with Gasteiger partial charge >= 0.3 is 0 Å². The van der Waals surface area contributed by atoms with E-state index in [0.29, 0.717) is 11.1 Å². The summed E-state index contributed by atoms with van der Waals surface area (Å²) in [6, 6.07) is 2.32. The third kappa shape index (κ3) is 2.03. The van der Waals surface area contributed by atoms with Gasteiger partial charge in [0.15, 0.2) is 0 Å². The highest BCUT2D eigenvalue weighted by atomic mass is 79.9. The van der Waals surface area contributed by atoms with Crippen LogP contribution in [0.2, 0.25) is 0 Å². The number of hydrogen-bond acceptors (Lipinski definition) is 2. The molecule has 0 aliphatic heterocycles. The number of nitrogens with zero attached hydrogens (tertiary/aromatic N) is 1. The summed E-state index contributed by atoms with van der Waals surface area (Å²) in [5.41, 5.74) is 0.695. The normalized spacial score (nSPS) is 10.1. The van der Waals surface area contributed by atoms with Crippen molar-refractivity contribution in [3.8, 4) is 0 Å². The summed E-state index contributed by atoms with van der Waals surface area (Å²) >= 11 is 3.07. The van der Waals surface area contributed by atoms with Gasteiger partial charge < -0.3 is 0 Å². The van der Waals surface area contributed by atoms with Crippen LogP contribution in [0.25, 0.3) is 0 Å². The maximum atomic E-state index is 12.8. The van der Waals surface area contributed by atoms with Crippen LogP contribution in [-0.2, 0) is 5.33 Å².